The van der Waals surface area contributed by atoms with Gasteiger partial charge in [-0.2, -0.15) is 5.26 Å². The Kier molecular flexibility index (Phi) is 7.85. The number of likely N-dealkylation sites (tertiary alicyclic amines) is 1. The molecule has 0 saturated carbocycles. The van der Waals surface area contributed by atoms with Gasteiger partial charge in [-0.15, -0.1) is 0 Å². The summed E-state index contributed by atoms with van der Waals surface area (Å²) in [7, 11) is 0. The van der Waals surface area contributed by atoms with Gasteiger partial charge in [0, 0.05) is 18.2 Å². The molecule has 7 nitrogen and oxygen atoms in total. The number of amides is 2. The molecule has 1 heterocycles. The monoisotopic (exact) mass is 434 g/mol. The van der Waals surface area contributed by atoms with Crippen LogP contribution in [0.2, 0.25) is 0 Å². The van der Waals surface area contributed by atoms with E-state index in [1.165, 1.54) is 6.07 Å². The zero-order valence-electron chi connectivity index (χ0n) is 18.6. The maximum atomic E-state index is 13.3. The number of nitrogens with zero attached hydrogens (tertiary/aromatic N) is 3. The number of phenolic OH excluding ortho intramolecular Hbond substituents is 1. The minimum absolute atomic E-state index is 0.0405. The lowest BCUT2D eigenvalue weighted by Crippen LogP contribution is -2.51. The van der Waals surface area contributed by atoms with E-state index in [4.69, 9.17) is 5.26 Å². The van der Waals surface area contributed by atoms with Crippen molar-refractivity contribution in [2.75, 3.05) is 29.9 Å². The van der Waals surface area contributed by atoms with Crippen LogP contribution in [0, 0.1) is 24.2 Å². The molecule has 1 atom stereocenters. The Labute approximate surface area is 189 Å². The van der Waals surface area contributed by atoms with E-state index in [9.17, 15) is 14.7 Å². The molecule has 0 spiro atoms. The summed E-state index contributed by atoms with van der Waals surface area (Å²) in [5.41, 5.74) is 2.31. The number of carbonyl (C=O) groups is 2. The lowest BCUT2D eigenvalue weighted by molar-refractivity contribution is -0.125. The normalized spacial score (nSPS) is 15.5. The molecule has 1 aliphatic heterocycles. The van der Waals surface area contributed by atoms with Crippen molar-refractivity contribution in [2.24, 2.45) is 5.92 Å². The molecule has 0 aromatic heterocycles. The summed E-state index contributed by atoms with van der Waals surface area (Å²) in [6, 6.07) is 16.2. The van der Waals surface area contributed by atoms with Gasteiger partial charge in [-0.1, -0.05) is 29.8 Å². The van der Waals surface area contributed by atoms with E-state index in [0.717, 1.165) is 11.3 Å². The zero-order valence-corrected chi connectivity index (χ0v) is 18.6. The summed E-state index contributed by atoms with van der Waals surface area (Å²) in [5, 5.41) is 21.7. The largest absolute Gasteiger partial charge is 0.506 e. The Hall–Kier alpha value is -3.37. The summed E-state index contributed by atoms with van der Waals surface area (Å²) < 4.78 is 0. The molecule has 2 aromatic rings. The second-order valence-corrected chi connectivity index (χ2v) is 8.23. The highest BCUT2D eigenvalue weighted by molar-refractivity contribution is 5.97. The van der Waals surface area contributed by atoms with E-state index in [1.54, 1.807) is 23.1 Å². The molecule has 2 amide bonds. The highest BCUT2D eigenvalue weighted by atomic mass is 16.3. The van der Waals surface area contributed by atoms with Crippen LogP contribution in [0.4, 0.5) is 11.4 Å². The third kappa shape index (κ3) is 5.65. The first-order valence-electron chi connectivity index (χ1n) is 11.0. The molecule has 2 aromatic carbocycles. The minimum atomic E-state index is -0.350. The van der Waals surface area contributed by atoms with Crippen LogP contribution in [0.5, 0.6) is 5.75 Å². The topological polar surface area (TPSA) is 96.7 Å². The fourth-order valence-corrected chi connectivity index (χ4v) is 4.00. The molecule has 1 aliphatic rings. The van der Waals surface area contributed by atoms with Crippen molar-refractivity contribution in [1.82, 2.24) is 4.90 Å². The number of nitriles is 1. The van der Waals surface area contributed by atoms with Gasteiger partial charge in [0.05, 0.1) is 24.2 Å². The number of nitrogens with one attached hydrogen (secondary N) is 1. The van der Waals surface area contributed by atoms with Crippen molar-refractivity contribution in [3.8, 4) is 11.8 Å². The highest BCUT2D eigenvalue weighted by Gasteiger charge is 2.32. The lowest BCUT2D eigenvalue weighted by atomic mass is 9.94. The fourth-order valence-electron chi connectivity index (χ4n) is 4.00. The maximum absolute atomic E-state index is 13.3. The summed E-state index contributed by atoms with van der Waals surface area (Å²) in [5.74, 6) is -0.271. The summed E-state index contributed by atoms with van der Waals surface area (Å²) >= 11 is 0. The number of carbonyl (C=O) groups excluding carboxylic acids is 2. The second-order valence-electron chi connectivity index (χ2n) is 8.23. The van der Waals surface area contributed by atoms with Gasteiger partial charge < -0.3 is 15.3 Å². The molecule has 1 unspecified atom stereocenters. The number of aryl methyl sites for hydroxylation is 1. The van der Waals surface area contributed by atoms with E-state index in [-0.39, 0.29) is 35.9 Å². The van der Waals surface area contributed by atoms with E-state index >= 15 is 0 Å². The molecule has 168 valence electrons. The van der Waals surface area contributed by atoms with Gasteiger partial charge in [0.1, 0.15) is 5.75 Å². The molecule has 3 rings (SSSR count). The molecule has 32 heavy (non-hydrogen) atoms. The summed E-state index contributed by atoms with van der Waals surface area (Å²) in [6.45, 7) is 5.49. The number of rotatable bonds is 7. The van der Waals surface area contributed by atoms with E-state index < -0.39 is 0 Å². The van der Waals surface area contributed by atoms with Gasteiger partial charge in [-0.25, -0.2) is 0 Å². The molecular formula is C25H30N4O3. The first-order valence-corrected chi connectivity index (χ1v) is 11.0. The molecule has 0 aliphatic carbocycles. The predicted molar refractivity (Wildman–Crippen MR) is 124 cm³/mol. The van der Waals surface area contributed by atoms with Crippen LogP contribution in [0.1, 0.15) is 31.7 Å². The van der Waals surface area contributed by atoms with Crippen molar-refractivity contribution in [3.63, 3.8) is 0 Å². The number of para-hydroxylation sites is 2. The number of aromatic hydroxyl groups is 1. The van der Waals surface area contributed by atoms with Crippen molar-refractivity contribution in [3.05, 3.63) is 54.1 Å². The minimum Gasteiger partial charge on any atom is -0.506 e. The number of piperidine rings is 1. The van der Waals surface area contributed by atoms with Crippen LogP contribution < -0.4 is 10.2 Å². The Morgan fingerprint density at radius 1 is 1.19 bits per heavy atom. The number of phenols is 1. The SMILES string of the molecule is Cc1ccc(N(CCC#N)C(=O)C(C)N2CCC(C(=O)Nc3ccccc3O)CC2)cc1. The Morgan fingerprint density at radius 2 is 1.84 bits per heavy atom. The summed E-state index contributed by atoms with van der Waals surface area (Å²) in [6.07, 6.45) is 1.54. The molecular weight excluding hydrogens is 404 g/mol. The molecule has 7 heteroatoms. The van der Waals surface area contributed by atoms with E-state index in [1.807, 2.05) is 38.1 Å². The van der Waals surface area contributed by atoms with Crippen LogP contribution in [0.3, 0.4) is 0 Å². The van der Waals surface area contributed by atoms with Crippen LogP contribution in [-0.4, -0.2) is 47.5 Å². The third-order valence-corrected chi connectivity index (χ3v) is 6.03. The van der Waals surface area contributed by atoms with E-state index in [0.29, 0.717) is 38.2 Å². The molecule has 1 saturated heterocycles. The van der Waals surface area contributed by atoms with Crippen LogP contribution in [-0.2, 0) is 9.59 Å². The molecule has 1 fully saturated rings. The average molecular weight is 435 g/mol. The Morgan fingerprint density at radius 3 is 2.47 bits per heavy atom. The van der Waals surface area contributed by atoms with Crippen LogP contribution >= 0.6 is 0 Å². The van der Waals surface area contributed by atoms with Crippen molar-refractivity contribution >= 4 is 23.2 Å². The molecule has 0 radical (unpaired) electrons. The number of anilines is 2. The first kappa shape index (κ1) is 23.3. The molecule has 2 N–H and O–H groups in total. The number of hydrogen-bond acceptors (Lipinski definition) is 5. The van der Waals surface area contributed by atoms with Crippen LogP contribution in [0.25, 0.3) is 0 Å². The smallest absolute Gasteiger partial charge is 0.244 e. The van der Waals surface area contributed by atoms with E-state index in [2.05, 4.69) is 16.3 Å². The third-order valence-electron chi connectivity index (χ3n) is 6.03. The standard InChI is InChI=1S/C25H30N4O3/c1-18-8-10-21(11-9-18)29(15-5-14-26)25(32)19(2)28-16-12-20(13-17-28)24(31)27-22-6-3-4-7-23(22)30/h3-4,6-11,19-20,30H,5,12-13,15-17H2,1-2H3,(H,27,31). The van der Waals surface area contributed by atoms with Gasteiger partial charge in [-0.3, -0.25) is 14.5 Å². The van der Waals surface area contributed by atoms with Crippen LogP contribution in [0.15, 0.2) is 48.5 Å². The quantitative estimate of drug-likeness (QED) is 0.648. The molecule has 0 bridgehead atoms. The fraction of sp³-hybridized carbons (Fsp3) is 0.400. The van der Waals surface area contributed by atoms with Gasteiger partial charge in [0.15, 0.2) is 0 Å². The van der Waals surface area contributed by atoms with Gasteiger partial charge >= 0.3 is 0 Å². The Balaban J connectivity index is 1.60. The second kappa shape index (κ2) is 10.8. The van der Waals surface area contributed by atoms with Crippen molar-refractivity contribution in [1.29, 1.82) is 5.26 Å². The van der Waals surface area contributed by atoms with Crippen molar-refractivity contribution < 1.29 is 14.7 Å². The number of hydrogen-bond donors (Lipinski definition) is 2. The zero-order chi connectivity index (χ0) is 23.1. The highest BCUT2D eigenvalue weighted by Crippen LogP contribution is 2.26. The average Bonchev–Trinajstić information content (AvgIpc) is 2.81. The van der Waals surface area contributed by atoms with Crippen molar-refractivity contribution in [2.45, 2.75) is 39.2 Å². The number of benzene rings is 2. The predicted octanol–water partition coefficient (Wildman–Crippen LogP) is 3.69. The maximum Gasteiger partial charge on any atom is 0.244 e. The lowest BCUT2D eigenvalue weighted by Gasteiger charge is -2.37. The van der Waals surface area contributed by atoms with Gasteiger partial charge in [-0.05, 0) is 64.0 Å². The first-order chi connectivity index (χ1) is 15.4. The Bertz CT molecular complexity index is 975. The summed E-state index contributed by atoms with van der Waals surface area (Å²) in [4.78, 5) is 29.7. The van der Waals surface area contributed by atoms with Gasteiger partial charge in [0.2, 0.25) is 11.8 Å². The van der Waals surface area contributed by atoms with Gasteiger partial charge in [0.25, 0.3) is 0 Å².